The van der Waals surface area contributed by atoms with Crippen LogP contribution in [0, 0.1) is 0 Å². The number of aromatic nitrogens is 1. The molecule has 0 aliphatic heterocycles. The molecule has 2 N–H and O–H groups in total. The van der Waals surface area contributed by atoms with Gasteiger partial charge in [0.05, 0.1) is 12.1 Å². The van der Waals surface area contributed by atoms with E-state index in [9.17, 15) is 9.59 Å². The van der Waals surface area contributed by atoms with Gasteiger partial charge in [0, 0.05) is 11.6 Å². The molecule has 1 aromatic carbocycles. The van der Waals surface area contributed by atoms with E-state index in [4.69, 9.17) is 5.11 Å². The van der Waals surface area contributed by atoms with Crippen LogP contribution in [0.3, 0.4) is 0 Å². The number of nitrogens with zero attached hydrogens (tertiary/aromatic N) is 1. The number of hydrogen-bond acceptors (Lipinski definition) is 4. The Hall–Kier alpha value is -2.63. The molecule has 0 spiro atoms. The van der Waals surface area contributed by atoms with E-state index in [-0.39, 0.29) is 18.0 Å². The standard InChI is InChI=1S/C12H10N2O4/c15-11(13-7-10-4-5-18-14-10)8-2-1-3-9(6-8)12(16)17/h1-6H,7H2,(H,13,15)(H,16,17). The summed E-state index contributed by atoms with van der Waals surface area (Å²) in [6.45, 7) is 0.229. The first-order valence-electron chi connectivity index (χ1n) is 5.17. The second kappa shape index (κ2) is 5.13. The van der Waals surface area contributed by atoms with Crippen LogP contribution in [0.1, 0.15) is 26.4 Å². The second-order valence-corrected chi connectivity index (χ2v) is 3.56. The molecule has 1 aromatic heterocycles. The van der Waals surface area contributed by atoms with Crippen LogP contribution in [0.2, 0.25) is 0 Å². The number of carboxylic acids is 1. The smallest absolute Gasteiger partial charge is 0.335 e. The average Bonchev–Trinajstić information content (AvgIpc) is 2.89. The SMILES string of the molecule is O=C(O)c1cccc(C(=O)NCc2ccon2)c1. The van der Waals surface area contributed by atoms with Crippen LogP contribution < -0.4 is 5.32 Å². The van der Waals surface area contributed by atoms with Crippen molar-refractivity contribution in [3.63, 3.8) is 0 Å². The Morgan fingerprint density at radius 3 is 2.72 bits per heavy atom. The lowest BCUT2D eigenvalue weighted by Gasteiger charge is -2.03. The highest BCUT2D eigenvalue weighted by Crippen LogP contribution is 2.05. The molecule has 0 aliphatic rings. The lowest BCUT2D eigenvalue weighted by molar-refractivity contribution is 0.0697. The van der Waals surface area contributed by atoms with Gasteiger partial charge in [0.2, 0.25) is 0 Å². The third-order valence-electron chi connectivity index (χ3n) is 2.29. The van der Waals surface area contributed by atoms with Crippen LogP contribution in [-0.2, 0) is 6.54 Å². The van der Waals surface area contributed by atoms with Gasteiger partial charge in [-0.25, -0.2) is 4.79 Å². The van der Waals surface area contributed by atoms with E-state index in [1.165, 1.54) is 24.5 Å². The number of rotatable bonds is 4. The number of hydrogen-bond donors (Lipinski definition) is 2. The van der Waals surface area contributed by atoms with Crippen LogP contribution in [0.4, 0.5) is 0 Å². The summed E-state index contributed by atoms with van der Waals surface area (Å²) in [4.78, 5) is 22.5. The number of amides is 1. The van der Waals surface area contributed by atoms with E-state index in [1.807, 2.05) is 0 Å². The Labute approximate surface area is 102 Å². The minimum atomic E-state index is -1.07. The minimum Gasteiger partial charge on any atom is -0.478 e. The highest BCUT2D eigenvalue weighted by atomic mass is 16.5. The molecule has 2 rings (SSSR count). The van der Waals surface area contributed by atoms with Crippen molar-refractivity contribution < 1.29 is 19.2 Å². The summed E-state index contributed by atoms with van der Waals surface area (Å²) in [5, 5.41) is 15.1. The topological polar surface area (TPSA) is 92.4 Å². The molecule has 6 nitrogen and oxygen atoms in total. The molecule has 1 heterocycles. The molecule has 6 heteroatoms. The van der Waals surface area contributed by atoms with Crippen LogP contribution in [0.25, 0.3) is 0 Å². The predicted molar refractivity (Wildman–Crippen MR) is 61.1 cm³/mol. The molecule has 2 aromatic rings. The van der Waals surface area contributed by atoms with Crippen molar-refractivity contribution in [1.29, 1.82) is 0 Å². The van der Waals surface area contributed by atoms with Gasteiger partial charge < -0.3 is 14.9 Å². The van der Waals surface area contributed by atoms with Gasteiger partial charge in [-0.05, 0) is 18.2 Å². The van der Waals surface area contributed by atoms with E-state index in [1.54, 1.807) is 12.1 Å². The lowest BCUT2D eigenvalue weighted by atomic mass is 10.1. The van der Waals surface area contributed by atoms with Crippen molar-refractivity contribution in [2.45, 2.75) is 6.54 Å². The normalized spacial score (nSPS) is 10.0. The first-order chi connectivity index (χ1) is 8.66. The van der Waals surface area contributed by atoms with Crippen LogP contribution in [0.15, 0.2) is 41.1 Å². The molecule has 0 fully saturated rings. The fourth-order valence-corrected chi connectivity index (χ4v) is 1.40. The van der Waals surface area contributed by atoms with E-state index in [2.05, 4.69) is 15.0 Å². The van der Waals surface area contributed by atoms with Crippen LogP contribution >= 0.6 is 0 Å². The maximum absolute atomic E-state index is 11.8. The molecule has 0 unspecified atom stereocenters. The number of carbonyl (C=O) groups is 2. The second-order valence-electron chi connectivity index (χ2n) is 3.56. The first-order valence-corrected chi connectivity index (χ1v) is 5.17. The summed E-state index contributed by atoms with van der Waals surface area (Å²) in [5.41, 5.74) is 0.959. The van der Waals surface area contributed by atoms with Gasteiger partial charge in [0.15, 0.2) is 0 Å². The summed E-state index contributed by atoms with van der Waals surface area (Å²) in [6, 6.07) is 7.45. The zero-order chi connectivity index (χ0) is 13.0. The van der Waals surface area contributed by atoms with E-state index >= 15 is 0 Å². The molecular weight excluding hydrogens is 236 g/mol. The zero-order valence-electron chi connectivity index (χ0n) is 9.29. The molecule has 0 bridgehead atoms. The zero-order valence-corrected chi connectivity index (χ0v) is 9.29. The quantitative estimate of drug-likeness (QED) is 0.848. The molecular formula is C12H10N2O4. The Morgan fingerprint density at radius 2 is 2.06 bits per heavy atom. The summed E-state index contributed by atoms with van der Waals surface area (Å²) in [5.74, 6) is -1.43. The molecule has 0 atom stereocenters. The summed E-state index contributed by atoms with van der Waals surface area (Å²) in [7, 11) is 0. The van der Waals surface area contributed by atoms with E-state index in [0.717, 1.165) is 0 Å². The maximum Gasteiger partial charge on any atom is 0.335 e. The van der Waals surface area contributed by atoms with Crippen molar-refractivity contribution in [2.24, 2.45) is 0 Å². The van der Waals surface area contributed by atoms with Crippen molar-refractivity contribution >= 4 is 11.9 Å². The lowest BCUT2D eigenvalue weighted by Crippen LogP contribution is -2.23. The molecule has 92 valence electrons. The number of aromatic carboxylic acids is 1. The van der Waals surface area contributed by atoms with Crippen molar-refractivity contribution in [1.82, 2.24) is 10.5 Å². The van der Waals surface area contributed by atoms with Crippen molar-refractivity contribution in [3.8, 4) is 0 Å². The van der Waals surface area contributed by atoms with E-state index < -0.39 is 5.97 Å². The molecule has 0 aliphatic carbocycles. The maximum atomic E-state index is 11.8. The van der Waals surface area contributed by atoms with Crippen molar-refractivity contribution in [2.75, 3.05) is 0 Å². The Bertz CT molecular complexity index is 563. The third kappa shape index (κ3) is 2.73. The average molecular weight is 246 g/mol. The Balaban J connectivity index is 2.04. The van der Waals surface area contributed by atoms with Gasteiger partial charge in [0.25, 0.3) is 5.91 Å². The van der Waals surface area contributed by atoms with Crippen molar-refractivity contribution in [3.05, 3.63) is 53.4 Å². The Kier molecular flexibility index (Phi) is 3.38. The molecule has 0 saturated heterocycles. The largest absolute Gasteiger partial charge is 0.478 e. The molecule has 18 heavy (non-hydrogen) atoms. The fraction of sp³-hybridized carbons (Fsp3) is 0.0833. The minimum absolute atomic E-state index is 0.0732. The van der Waals surface area contributed by atoms with Gasteiger partial charge in [0.1, 0.15) is 12.0 Å². The molecule has 1 amide bonds. The van der Waals surface area contributed by atoms with Gasteiger partial charge in [-0.15, -0.1) is 0 Å². The highest BCUT2D eigenvalue weighted by molar-refractivity contribution is 5.97. The number of benzene rings is 1. The van der Waals surface area contributed by atoms with Crippen LogP contribution in [-0.4, -0.2) is 22.1 Å². The third-order valence-corrected chi connectivity index (χ3v) is 2.29. The highest BCUT2D eigenvalue weighted by Gasteiger charge is 2.09. The summed E-state index contributed by atoms with van der Waals surface area (Å²) < 4.78 is 4.62. The Morgan fingerprint density at radius 1 is 1.28 bits per heavy atom. The monoisotopic (exact) mass is 246 g/mol. The fourth-order valence-electron chi connectivity index (χ4n) is 1.40. The van der Waals surface area contributed by atoms with Gasteiger partial charge >= 0.3 is 5.97 Å². The van der Waals surface area contributed by atoms with Gasteiger partial charge in [-0.3, -0.25) is 4.79 Å². The van der Waals surface area contributed by atoms with Gasteiger partial charge in [-0.2, -0.15) is 0 Å². The molecule has 0 radical (unpaired) electrons. The van der Waals surface area contributed by atoms with E-state index in [0.29, 0.717) is 11.3 Å². The van der Waals surface area contributed by atoms with Crippen LogP contribution in [0.5, 0.6) is 0 Å². The van der Waals surface area contributed by atoms with Gasteiger partial charge in [-0.1, -0.05) is 11.2 Å². The number of nitrogens with one attached hydrogen (secondary N) is 1. The predicted octanol–water partition coefficient (Wildman–Crippen LogP) is 1.30. The molecule has 0 saturated carbocycles. The number of carboxylic acid groups (broad SMARTS) is 1. The number of carbonyl (C=O) groups excluding carboxylic acids is 1. The summed E-state index contributed by atoms with van der Waals surface area (Å²) in [6.07, 6.45) is 1.41. The summed E-state index contributed by atoms with van der Waals surface area (Å²) >= 11 is 0. The first kappa shape index (κ1) is 11.8.